The molecule has 7 nitrogen and oxygen atoms in total. The second kappa shape index (κ2) is 12.1. The zero-order valence-electron chi connectivity index (χ0n) is 16.6. The summed E-state index contributed by atoms with van der Waals surface area (Å²) in [7, 11) is 3.25. The van der Waals surface area contributed by atoms with Gasteiger partial charge in [0.15, 0.2) is 6.23 Å². The van der Waals surface area contributed by atoms with Crippen molar-refractivity contribution in [3.8, 4) is 23.0 Å². The average Bonchev–Trinajstić information content (AvgIpc) is 2.72. The number of rotatable bonds is 13. The number of aliphatic hydroxyl groups excluding tert-OH is 1. The van der Waals surface area contributed by atoms with E-state index in [0.29, 0.717) is 32.1 Å². The first-order valence-electron chi connectivity index (χ1n) is 9.19. The summed E-state index contributed by atoms with van der Waals surface area (Å²) in [6.45, 7) is 3.64. The minimum atomic E-state index is -0.696. The van der Waals surface area contributed by atoms with Crippen LogP contribution in [0.3, 0.4) is 0 Å². The topological polar surface area (TPSA) is 78.4 Å². The second-order valence-corrected chi connectivity index (χ2v) is 6.07. The quantitative estimate of drug-likeness (QED) is 0.401. The van der Waals surface area contributed by atoms with Gasteiger partial charge in [-0.1, -0.05) is 0 Å². The van der Waals surface area contributed by atoms with E-state index < -0.39 is 12.3 Å². The molecule has 2 atom stereocenters. The highest BCUT2D eigenvalue weighted by Gasteiger charge is 2.16. The lowest BCUT2D eigenvalue weighted by atomic mass is 10.3. The van der Waals surface area contributed by atoms with E-state index in [2.05, 4.69) is 5.32 Å². The maximum atomic E-state index is 9.96. The average molecular weight is 391 g/mol. The third-order valence-electron chi connectivity index (χ3n) is 3.86. The Morgan fingerprint density at radius 1 is 0.786 bits per heavy atom. The van der Waals surface area contributed by atoms with Crippen molar-refractivity contribution >= 4 is 0 Å². The molecule has 2 aromatic carbocycles. The van der Waals surface area contributed by atoms with E-state index in [1.54, 1.807) is 33.3 Å². The lowest BCUT2D eigenvalue weighted by molar-refractivity contribution is 0.0251. The van der Waals surface area contributed by atoms with Crippen molar-refractivity contribution in [2.75, 3.05) is 40.6 Å². The predicted molar refractivity (Wildman–Crippen MR) is 106 cm³/mol. The van der Waals surface area contributed by atoms with Crippen molar-refractivity contribution in [2.24, 2.45) is 0 Å². The summed E-state index contributed by atoms with van der Waals surface area (Å²) in [4.78, 5) is 0. The first kappa shape index (κ1) is 21.8. The maximum absolute atomic E-state index is 9.96. The molecule has 0 heterocycles. The zero-order chi connectivity index (χ0) is 20.2. The summed E-state index contributed by atoms with van der Waals surface area (Å²) >= 11 is 0. The molecular weight excluding hydrogens is 362 g/mol. The van der Waals surface area contributed by atoms with Crippen molar-refractivity contribution in [3.63, 3.8) is 0 Å². The fourth-order valence-corrected chi connectivity index (χ4v) is 2.36. The van der Waals surface area contributed by atoms with E-state index in [1.807, 2.05) is 36.4 Å². The molecule has 2 aromatic rings. The highest BCUT2D eigenvalue weighted by atomic mass is 16.5. The van der Waals surface area contributed by atoms with E-state index in [-0.39, 0.29) is 0 Å². The molecule has 0 spiro atoms. The Balaban J connectivity index is 1.76. The molecule has 0 saturated heterocycles. The Bertz CT molecular complexity index is 660. The fraction of sp³-hybridized carbons (Fsp3) is 0.429. The molecule has 0 bridgehead atoms. The molecule has 0 aromatic heterocycles. The van der Waals surface area contributed by atoms with Crippen molar-refractivity contribution in [1.82, 2.24) is 5.32 Å². The van der Waals surface area contributed by atoms with Crippen molar-refractivity contribution in [1.29, 1.82) is 0 Å². The summed E-state index contributed by atoms with van der Waals surface area (Å²) < 4.78 is 27.1. The fourth-order valence-electron chi connectivity index (χ4n) is 2.36. The van der Waals surface area contributed by atoms with Gasteiger partial charge < -0.3 is 28.8 Å². The minimum Gasteiger partial charge on any atom is -0.497 e. The van der Waals surface area contributed by atoms with Gasteiger partial charge in [0.05, 0.1) is 13.7 Å². The molecule has 0 fully saturated rings. The van der Waals surface area contributed by atoms with Gasteiger partial charge >= 0.3 is 0 Å². The first-order valence-corrected chi connectivity index (χ1v) is 9.19. The van der Waals surface area contributed by atoms with E-state index >= 15 is 0 Å². The summed E-state index contributed by atoms with van der Waals surface area (Å²) in [5.74, 6) is 2.90. The van der Waals surface area contributed by atoms with Crippen LogP contribution in [0.5, 0.6) is 23.0 Å². The molecule has 0 radical (unpaired) electrons. The Labute approximate surface area is 166 Å². The van der Waals surface area contributed by atoms with Gasteiger partial charge in [0.1, 0.15) is 42.3 Å². The van der Waals surface area contributed by atoms with Crippen LogP contribution in [0.15, 0.2) is 48.5 Å². The third-order valence-corrected chi connectivity index (χ3v) is 3.86. The minimum absolute atomic E-state index is 0.436. The van der Waals surface area contributed by atoms with Crippen molar-refractivity contribution in [3.05, 3.63) is 48.5 Å². The predicted octanol–water partition coefficient (Wildman–Crippen LogP) is 2.47. The molecule has 2 unspecified atom stereocenters. The maximum Gasteiger partial charge on any atom is 0.176 e. The number of benzene rings is 2. The zero-order valence-corrected chi connectivity index (χ0v) is 16.6. The molecule has 28 heavy (non-hydrogen) atoms. The van der Waals surface area contributed by atoms with Gasteiger partial charge in [-0.25, -0.2) is 0 Å². The Hall–Kier alpha value is -2.48. The molecule has 0 saturated carbocycles. The largest absolute Gasteiger partial charge is 0.497 e. The van der Waals surface area contributed by atoms with E-state index in [0.717, 1.165) is 17.2 Å². The molecule has 0 aliphatic carbocycles. The van der Waals surface area contributed by atoms with Crippen LogP contribution in [-0.2, 0) is 4.74 Å². The number of hydrogen-bond donors (Lipinski definition) is 2. The van der Waals surface area contributed by atoms with Gasteiger partial charge in [-0.15, -0.1) is 0 Å². The second-order valence-electron chi connectivity index (χ2n) is 6.07. The number of nitrogens with one attached hydrogen (secondary N) is 1. The van der Waals surface area contributed by atoms with Crippen LogP contribution in [-0.4, -0.2) is 58.0 Å². The van der Waals surface area contributed by atoms with Crippen LogP contribution < -0.4 is 24.3 Å². The number of aliphatic hydroxyl groups is 1. The smallest absolute Gasteiger partial charge is 0.176 e. The SMILES string of the molecule is COCCOc1ccc(OC(NCCOc2ccc(OC)cc2)C(C)O)cc1. The Kier molecular flexibility index (Phi) is 9.41. The Morgan fingerprint density at radius 2 is 1.32 bits per heavy atom. The molecule has 0 amide bonds. The van der Waals surface area contributed by atoms with Crippen LogP contribution in [0.1, 0.15) is 6.92 Å². The number of methoxy groups -OCH3 is 2. The van der Waals surface area contributed by atoms with E-state index in [9.17, 15) is 5.11 Å². The van der Waals surface area contributed by atoms with Crippen molar-refractivity contribution in [2.45, 2.75) is 19.3 Å². The van der Waals surface area contributed by atoms with Crippen LogP contribution in [0.2, 0.25) is 0 Å². The van der Waals surface area contributed by atoms with Crippen LogP contribution in [0.25, 0.3) is 0 Å². The van der Waals surface area contributed by atoms with Gasteiger partial charge in [0, 0.05) is 13.7 Å². The van der Waals surface area contributed by atoms with E-state index in [4.69, 9.17) is 23.7 Å². The monoisotopic (exact) mass is 391 g/mol. The molecular formula is C21H29NO6. The van der Waals surface area contributed by atoms with Gasteiger partial charge in [-0.05, 0) is 55.5 Å². The van der Waals surface area contributed by atoms with Crippen LogP contribution >= 0.6 is 0 Å². The highest BCUT2D eigenvalue weighted by Crippen LogP contribution is 2.19. The normalized spacial score (nSPS) is 12.9. The van der Waals surface area contributed by atoms with Gasteiger partial charge in [0.25, 0.3) is 0 Å². The summed E-state index contributed by atoms with van der Waals surface area (Å²) in [5.41, 5.74) is 0. The van der Waals surface area contributed by atoms with E-state index in [1.165, 1.54) is 0 Å². The van der Waals surface area contributed by atoms with Crippen LogP contribution in [0.4, 0.5) is 0 Å². The number of ether oxygens (including phenoxy) is 5. The third kappa shape index (κ3) is 7.64. The molecule has 154 valence electrons. The Morgan fingerprint density at radius 3 is 1.86 bits per heavy atom. The molecule has 0 aliphatic heterocycles. The molecule has 0 aliphatic rings. The number of hydrogen-bond acceptors (Lipinski definition) is 7. The van der Waals surface area contributed by atoms with Crippen LogP contribution in [0, 0.1) is 0 Å². The van der Waals surface area contributed by atoms with Gasteiger partial charge in [0.2, 0.25) is 0 Å². The highest BCUT2D eigenvalue weighted by molar-refractivity contribution is 5.32. The summed E-state index contributed by atoms with van der Waals surface area (Å²) in [6, 6.07) is 14.6. The standard InChI is InChI=1S/C21H29NO6/c1-16(23)21(22-12-13-26-18-6-4-17(25-3)5-7-18)28-20-10-8-19(9-11-20)27-15-14-24-2/h4-11,16,21-23H,12-15H2,1-3H3. The molecule has 7 heteroatoms. The summed E-state index contributed by atoms with van der Waals surface area (Å²) in [5, 5.41) is 13.1. The van der Waals surface area contributed by atoms with Crippen molar-refractivity contribution < 1.29 is 28.8 Å². The lowest BCUT2D eigenvalue weighted by Gasteiger charge is -2.23. The molecule has 2 N–H and O–H groups in total. The first-order chi connectivity index (χ1) is 13.6. The van der Waals surface area contributed by atoms with Gasteiger partial charge in [-0.2, -0.15) is 0 Å². The van der Waals surface area contributed by atoms with Gasteiger partial charge in [-0.3, -0.25) is 5.32 Å². The lowest BCUT2D eigenvalue weighted by Crippen LogP contribution is -2.44. The molecule has 2 rings (SSSR count). The summed E-state index contributed by atoms with van der Waals surface area (Å²) in [6.07, 6.45) is -1.25.